The topological polar surface area (TPSA) is 73.7 Å². The smallest absolute Gasteiger partial charge is 0.243 e. The molecule has 0 amide bonds. The van der Waals surface area contributed by atoms with Crippen molar-refractivity contribution in [2.75, 3.05) is 26.3 Å². The molecule has 0 bridgehead atoms. The lowest BCUT2D eigenvalue weighted by Crippen LogP contribution is -2.29. The maximum absolute atomic E-state index is 13.1. The minimum Gasteiger partial charge on any atom is -0.486 e. The Morgan fingerprint density at radius 1 is 1.04 bits per heavy atom. The average molecular weight is 385 g/mol. The van der Waals surface area contributed by atoms with Crippen molar-refractivity contribution in [3.05, 3.63) is 48.8 Å². The van der Waals surface area contributed by atoms with Crippen LogP contribution in [-0.2, 0) is 10.0 Å². The van der Waals surface area contributed by atoms with E-state index in [4.69, 9.17) is 9.47 Å². The van der Waals surface area contributed by atoms with Crippen molar-refractivity contribution in [3.63, 3.8) is 0 Å². The molecule has 8 heteroatoms. The van der Waals surface area contributed by atoms with E-state index < -0.39 is 10.0 Å². The van der Waals surface area contributed by atoms with Crippen molar-refractivity contribution in [1.29, 1.82) is 0 Å². The fraction of sp³-hybridized carbons (Fsp3) is 0.316. The summed E-state index contributed by atoms with van der Waals surface area (Å²) in [5, 5.41) is 0. The Hall–Kier alpha value is -2.58. The molecule has 2 aliphatic heterocycles. The molecule has 0 aliphatic carbocycles. The van der Waals surface area contributed by atoms with Gasteiger partial charge in [-0.25, -0.2) is 13.4 Å². The van der Waals surface area contributed by atoms with Gasteiger partial charge in [-0.05, 0) is 30.7 Å². The first-order chi connectivity index (χ1) is 13.1. The van der Waals surface area contributed by atoms with Crippen molar-refractivity contribution in [1.82, 2.24) is 13.9 Å². The van der Waals surface area contributed by atoms with Gasteiger partial charge in [0.1, 0.15) is 13.2 Å². The second kappa shape index (κ2) is 6.24. The summed E-state index contributed by atoms with van der Waals surface area (Å²) >= 11 is 0. The molecule has 0 radical (unpaired) electrons. The van der Waals surface area contributed by atoms with Crippen LogP contribution >= 0.6 is 0 Å². The SMILES string of the molecule is O=S(=O)(c1ccc2c(c1)OCCO2)N1CCC(n2cnc3ccccc32)C1. The maximum atomic E-state index is 13.1. The largest absolute Gasteiger partial charge is 0.486 e. The van der Waals surface area contributed by atoms with Crippen molar-refractivity contribution in [2.24, 2.45) is 0 Å². The second-order valence-electron chi connectivity index (χ2n) is 6.75. The lowest BCUT2D eigenvalue weighted by atomic mass is 10.2. The number of benzene rings is 2. The van der Waals surface area contributed by atoms with Crippen LogP contribution < -0.4 is 9.47 Å². The highest BCUT2D eigenvalue weighted by atomic mass is 32.2. The Balaban J connectivity index is 1.42. The zero-order valence-electron chi connectivity index (χ0n) is 14.6. The molecule has 27 heavy (non-hydrogen) atoms. The predicted octanol–water partition coefficient (Wildman–Crippen LogP) is 2.44. The molecule has 0 spiro atoms. The van der Waals surface area contributed by atoms with Crippen LogP contribution in [-0.4, -0.2) is 48.6 Å². The fourth-order valence-corrected chi connectivity index (χ4v) is 5.27. The van der Waals surface area contributed by atoms with Gasteiger partial charge >= 0.3 is 0 Å². The van der Waals surface area contributed by atoms with E-state index in [9.17, 15) is 8.42 Å². The van der Waals surface area contributed by atoms with Gasteiger partial charge in [-0.15, -0.1) is 0 Å². The van der Waals surface area contributed by atoms with E-state index in [0.29, 0.717) is 37.8 Å². The molecule has 7 nitrogen and oxygen atoms in total. The monoisotopic (exact) mass is 385 g/mol. The van der Waals surface area contributed by atoms with Crippen LogP contribution in [0.4, 0.5) is 0 Å². The quantitative estimate of drug-likeness (QED) is 0.692. The number of nitrogens with zero attached hydrogens (tertiary/aromatic N) is 3. The molecule has 1 unspecified atom stereocenters. The van der Waals surface area contributed by atoms with Crippen molar-refractivity contribution < 1.29 is 17.9 Å². The Kier molecular flexibility index (Phi) is 3.84. The van der Waals surface area contributed by atoms with Gasteiger partial charge in [0.25, 0.3) is 0 Å². The van der Waals surface area contributed by atoms with Crippen LogP contribution in [0.2, 0.25) is 0 Å². The van der Waals surface area contributed by atoms with E-state index in [0.717, 1.165) is 17.5 Å². The lowest BCUT2D eigenvalue weighted by molar-refractivity contribution is 0.171. The molecule has 3 heterocycles. The van der Waals surface area contributed by atoms with Crippen molar-refractivity contribution >= 4 is 21.1 Å². The number of aromatic nitrogens is 2. The van der Waals surface area contributed by atoms with E-state index in [1.165, 1.54) is 4.31 Å². The highest BCUT2D eigenvalue weighted by Gasteiger charge is 2.34. The highest BCUT2D eigenvalue weighted by molar-refractivity contribution is 7.89. The van der Waals surface area contributed by atoms with E-state index in [1.807, 2.05) is 24.3 Å². The minimum absolute atomic E-state index is 0.0735. The van der Waals surface area contributed by atoms with Gasteiger partial charge in [0.05, 0.1) is 28.3 Å². The maximum Gasteiger partial charge on any atom is 0.243 e. The number of ether oxygens (including phenoxy) is 2. The standard InChI is InChI=1S/C19H19N3O4S/c23-27(24,15-5-6-18-19(11-15)26-10-9-25-18)21-8-7-14(12-21)22-13-20-16-3-1-2-4-17(16)22/h1-6,11,13-14H,7-10,12H2. The fourth-order valence-electron chi connectivity index (χ4n) is 3.76. The third-order valence-electron chi connectivity index (χ3n) is 5.15. The summed E-state index contributed by atoms with van der Waals surface area (Å²) in [6, 6.07) is 12.8. The molecule has 140 valence electrons. The Bertz CT molecular complexity index is 1110. The molecule has 0 N–H and O–H groups in total. The summed E-state index contributed by atoms with van der Waals surface area (Å²) in [4.78, 5) is 4.66. The Labute approximate surface area is 157 Å². The normalized spacial score (nSPS) is 20.2. The number of para-hydroxylation sites is 2. The van der Waals surface area contributed by atoms with Gasteiger partial charge in [0, 0.05) is 19.2 Å². The molecular formula is C19H19N3O4S. The predicted molar refractivity (Wildman–Crippen MR) is 99.6 cm³/mol. The molecule has 5 rings (SSSR count). The van der Waals surface area contributed by atoms with Crippen LogP contribution in [0.5, 0.6) is 11.5 Å². The second-order valence-corrected chi connectivity index (χ2v) is 8.69. The van der Waals surface area contributed by atoms with E-state index in [-0.39, 0.29) is 10.9 Å². The highest BCUT2D eigenvalue weighted by Crippen LogP contribution is 2.35. The lowest BCUT2D eigenvalue weighted by Gasteiger charge is -2.21. The van der Waals surface area contributed by atoms with Gasteiger partial charge in [0.2, 0.25) is 10.0 Å². The molecule has 1 saturated heterocycles. The number of hydrogen-bond acceptors (Lipinski definition) is 5. The summed E-state index contributed by atoms with van der Waals surface area (Å²) in [5.41, 5.74) is 1.95. The van der Waals surface area contributed by atoms with Crippen molar-refractivity contribution in [3.8, 4) is 11.5 Å². The van der Waals surface area contributed by atoms with Crippen molar-refractivity contribution in [2.45, 2.75) is 17.4 Å². The first kappa shape index (κ1) is 16.6. The summed E-state index contributed by atoms with van der Waals surface area (Å²) < 4.78 is 40.8. The average Bonchev–Trinajstić information content (AvgIpc) is 3.35. The van der Waals surface area contributed by atoms with Gasteiger partial charge in [-0.1, -0.05) is 12.1 Å². The number of sulfonamides is 1. The van der Waals surface area contributed by atoms with Gasteiger partial charge < -0.3 is 14.0 Å². The van der Waals surface area contributed by atoms with Crippen LogP contribution in [0.25, 0.3) is 11.0 Å². The van der Waals surface area contributed by atoms with Gasteiger partial charge in [-0.2, -0.15) is 4.31 Å². The van der Waals surface area contributed by atoms with Crippen LogP contribution in [0.3, 0.4) is 0 Å². The Morgan fingerprint density at radius 2 is 1.85 bits per heavy atom. The summed E-state index contributed by atoms with van der Waals surface area (Å²) in [6.07, 6.45) is 2.56. The number of hydrogen-bond donors (Lipinski definition) is 0. The van der Waals surface area contributed by atoms with E-state index in [1.54, 1.807) is 24.5 Å². The van der Waals surface area contributed by atoms with Crippen LogP contribution in [0.15, 0.2) is 53.7 Å². The number of imidazole rings is 1. The molecule has 3 aromatic rings. The number of fused-ring (bicyclic) bond motifs is 2. The molecule has 1 atom stereocenters. The summed E-state index contributed by atoms with van der Waals surface area (Å²) in [6.45, 7) is 1.81. The third-order valence-corrected chi connectivity index (χ3v) is 7.01. The van der Waals surface area contributed by atoms with Crippen LogP contribution in [0, 0.1) is 0 Å². The van der Waals surface area contributed by atoms with Gasteiger partial charge in [0.15, 0.2) is 11.5 Å². The minimum atomic E-state index is -3.59. The van der Waals surface area contributed by atoms with Gasteiger partial charge in [-0.3, -0.25) is 0 Å². The molecule has 1 fully saturated rings. The summed E-state index contributed by atoms with van der Waals surface area (Å²) in [5.74, 6) is 1.07. The molecule has 1 aromatic heterocycles. The summed E-state index contributed by atoms with van der Waals surface area (Å²) in [7, 11) is -3.59. The van der Waals surface area contributed by atoms with Crippen LogP contribution in [0.1, 0.15) is 12.5 Å². The molecule has 2 aromatic carbocycles. The van der Waals surface area contributed by atoms with E-state index in [2.05, 4.69) is 9.55 Å². The zero-order valence-corrected chi connectivity index (χ0v) is 15.4. The van der Waals surface area contributed by atoms with E-state index >= 15 is 0 Å². The zero-order chi connectivity index (χ0) is 18.4. The molecule has 0 saturated carbocycles. The Morgan fingerprint density at radius 3 is 2.74 bits per heavy atom. The first-order valence-electron chi connectivity index (χ1n) is 8.94. The molecular weight excluding hydrogens is 366 g/mol. The first-order valence-corrected chi connectivity index (χ1v) is 10.4. The number of rotatable bonds is 3. The third kappa shape index (κ3) is 2.76. The molecule has 2 aliphatic rings.